The molecule has 0 unspecified atom stereocenters. The van der Waals surface area contributed by atoms with Gasteiger partial charge in [-0.05, 0) is 13.8 Å². The Morgan fingerprint density at radius 3 is 2.71 bits per heavy atom. The van der Waals surface area contributed by atoms with Crippen molar-refractivity contribution in [2.75, 3.05) is 26.1 Å². The largest absolute Gasteiger partial charge is 0.475 e. The molecule has 0 aliphatic carbocycles. The van der Waals surface area contributed by atoms with Crippen molar-refractivity contribution in [2.45, 2.75) is 26.6 Å². The first-order valence-electron chi connectivity index (χ1n) is 5.48. The van der Waals surface area contributed by atoms with Gasteiger partial charge in [-0.15, -0.1) is 0 Å². The lowest BCUT2D eigenvalue weighted by molar-refractivity contribution is 0.0540. The molecule has 6 nitrogen and oxygen atoms in total. The van der Waals surface area contributed by atoms with Gasteiger partial charge in [-0.2, -0.15) is 4.98 Å². The molecule has 6 heteroatoms. The van der Waals surface area contributed by atoms with E-state index in [0.717, 1.165) is 0 Å². The predicted octanol–water partition coefficient (Wildman–Crippen LogP) is 1.01. The zero-order chi connectivity index (χ0) is 12.7. The third-order valence-electron chi connectivity index (χ3n) is 1.83. The van der Waals surface area contributed by atoms with Crippen molar-refractivity contribution < 1.29 is 14.2 Å². The van der Waals surface area contributed by atoms with Crippen LogP contribution in [0.3, 0.4) is 0 Å². The maximum absolute atomic E-state index is 5.62. The van der Waals surface area contributed by atoms with Crippen molar-refractivity contribution in [3.05, 3.63) is 11.9 Å². The van der Waals surface area contributed by atoms with E-state index in [1.165, 1.54) is 0 Å². The van der Waals surface area contributed by atoms with E-state index in [4.69, 9.17) is 19.9 Å². The number of hydrogen-bond donors (Lipinski definition) is 1. The Labute approximate surface area is 101 Å². The molecule has 0 fully saturated rings. The number of rotatable bonds is 7. The molecule has 0 bridgehead atoms. The number of aromatic nitrogens is 2. The van der Waals surface area contributed by atoms with E-state index in [2.05, 4.69) is 9.97 Å². The third kappa shape index (κ3) is 5.46. The Morgan fingerprint density at radius 1 is 1.29 bits per heavy atom. The molecule has 0 atom stereocenters. The molecule has 0 aliphatic heterocycles. The van der Waals surface area contributed by atoms with E-state index < -0.39 is 0 Å². The molecule has 1 rings (SSSR count). The minimum absolute atomic E-state index is 0.193. The van der Waals surface area contributed by atoms with Crippen LogP contribution in [0.4, 0.5) is 5.82 Å². The number of hydrogen-bond acceptors (Lipinski definition) is 6. The van der Waals surface area contributed by atoms with Gasteiger partial charge in [0.15, 0.2) is 5.82 Å². The summed E-state index contributed by atoms with van der Waals surface area (Å²) in [5.74, 6) is 1.32. The van der Waals surface area contributed by atoms with Crippen molar-refractivity contribution in [1.29, 1.82) is 0 Å². The molecule has 0 spiro atoms. The average molecular weight is 241 g/mol. The van der Waals surface area contributed by atoms with Gasteiger partial charge in [0.05, 0.1) is 12.7 Å². The first kappa shape index (κ1) is 13.7. The summed E-state index contributed by atoms with van der Waals surface area (Å²) in [5.41, 5.74) is 5.62. The van der Waals surface area contributed by atoms with Crippen LogP contribution in [0.25, 0.3) is 0 Å². The molecule has 17 heavy (non-hydrogen) atoms. The van der Waals surface area contributed by atoms with Crippen LogP contribution in [-0.4, -0.2) is 36.4 Å². The summed E-state index contributed by atoms with van der Waals surface area (Å²) >= 11 is 0. The second kappa shape index (κ2) is 7.03. The van der Waals surface area contributed by atoms with E-state index in [1.54, 1.807) is 13.2 Å². The minimum atomic E-state index is 0.193. The number of ether oxygens (including phenoxy) is 3. The van der Waals surface area contributed by atoms with Crippen LogP contribution in [0.1, 0.15) is 19.7 Å². The zero-order valence-corrected chi connectivity index (χ0v) is 10.5. The van der Waals surface area contributed by atoms with Crippen molar-refractivity contribution in [1.82, 2.24) is 9.97 Å². The Balaban J connectivity index is 2.46. The molecule has 0 saturated carbocycles. The predicted molar refractivity (Wildman–Crippen MR) is 63.7 cm³/mol. The first-order chi connectivity index (χ1) is 8.11. The van der Waals surface area contributed by atoms with Gasteiger partial charge in [-0.3, -0.25) is 0 Å². The summed E-state index contributed by atoms with van der Waals surface area (Å²) in [6.45, 7) is 5.20. The fraction of sp³-hybridized carbons (Fsp3) is 0.636. The highest BCUT2D eigenvalue weighted by Gasteiger charge is 2.03. The van der Waals surface area contributed by atoms with Crippen molar-refractivity contribution in [3.63, 3.8) is 0 Å². The summed E-state index contributed by atoms with van der Waals surface area (Å²) in [6.07, 6.45) is 0.193. The fourth-order valence-electron chi connectivity index (χ4n) is 1.19. The average Bonchev–Trinajstić information content (AvgIpc) is 2.24. The van der Waals surface area contributed by atoms with Crippen molar-refractivity contribution in [3.8, 4) is 5.88 Å². The van der Waals surface area contributed by atoms with E-state index in [0.29, 0.717) is 37.3 Å². The van der Waals surface area contributed by atoms with Crippen LogP contribution in [0, 0.1) is 0 Å². The van der Waals surface area contributed by atoms with Gasteiger partial charge in [0.1, 0.15) is 19.0 Å². The molecule has 0 saturated heterocycles. The van der Waals surface area contributed by atoms with Crippen LogP contribution in [0.5, 0.6) is 5.88 Å². The lowest BCUT2D eigenvalue weighted by Crippen LogP contribution is -2.12. The molecule has 0 aromatic carbocycles. The molecule has 2 N–H and O–H groups in total. The SMILES string of the molecule is COCc1nc(N)cc(OCCOC(C)C)n1. The summed E-state index contributed by atoms with van der Waals surface area (Å²) < 4.78 is 15.7. The number of nitrogens with zero attached hydrogens (tertiary/aromatic N) is 2. The number of anilines is 1. The van der Waals surface area contributed by atoms with E-state index >= 15 is 0 Å². The van der Waals surface area contributed by atoms with Crippen molar-refractivity contribution in [2.24, 2.45) is 0 Å². The number of nitrogens with two attached hydrogens (primary N) is 1. The molecular weight excluding hydrogens is 222 g/mol. The lowest BCUT2D eigenvalue weighted by atomic mass is 10.5. The second-order valence-electron chi connectivity index (χ2n) is 3.75. The zero-order valence-electron chi connectivity index (χ0n) is 10.5. The molecule has 1 heterocycles. The summed E-state index contributed by atoms with van der Waals surface area (Å²) in [4.78, 5) is 8.16. The van der Waals surface area contributed by atoms with E-state index in [1.807, 2.05) is 13.8 Å². The highest BCUT2D eigenvalue weighted by atomic mass is 16.5. The quantitative estimate of drug-likeness (QED) is 0.718. The highest BCUT2D eigenvalue weighted by Crippen LogP contribution is 2.11. The first-order valence-corrected chi connectivity index (χ1v) is 5.48. The summed E-state index contributed by atoms with van der Waals surface area (Å²) in [5, 5.41) is 0. The molecule has 0 aliphatic rings. The minimum Gasteiger partial charge on any atom is -0.475 e. The fourth-order valence-corrected chi connectivity index (χ4v) is 1.19. The number of nitrogen functional groups attached to an aromatic ring is 1. The normalized spacial score (nSPS) is 10.8. The van der Waals surface area contributed by atoms with Crippen molar-refractivity contribution >= 4 is 5.82 Å². The maximum Gasteiger partial charge on any atom is 0.218 e. The summed E-state index contributed by atoms with van der Waals surface area (Å²) in [7, 11) is 1.57. The van der Waals surface area contributed by atoms with Gasteiger partial charge < -0.3 is 19.9 Å². The Bertz CT molecular complexity index is 345. The second-order valence-corrected chi connectivity index (χ2v) is 3.75. The molecular formula is C11H19N3O3. The van der Waals surface area contributed by atoms with Gasteiger partial charge in [0.2, 0.25) is 5.88 Å². The third-order valence-corrected chi connectivity index (χ3v) is 1.83. The summed E-state index contributed by atoms with van der Waals surface area (Å²) in [6, 6.07) is 1.58. The van der Waals surface area contributed by atoms with E-state index in [9.17, 15) is 0 Å². The molecule has 96 valence electrons. The van der Waals surface area contributed by atoms with Crippen LogP contribution >= 0.6 is 0 Å². The van der Waals surface area contributed by atoms with Crippen LogP contribution in [0.2, 0.25) is 0 Å². The Hall–Kier alpha value is -1.40. The van der Waals surface area contributed by atoms with Crippen LogP contribution in [0.15, 0.2) is 6.07 Å². The topological polar surface area (TPSA) is 79.5 Å². The Morgan fingerprint density at radius 2 is 2.06 bits per heavy atom. The van der Waals surface area contributed by atoms with Gasteiger partial charge in [0, 0.05) is 13.2 Å². The smallest absolute Gasteiger partial charge is 0.218 e. The Kier molecular flexibility index (Phi) is 5.65. The number of methoxy groups -OCH3 is 1. The van der Waals surface area contributed by atoms with Crippen LogP contribution < -0.4 is 10.5 Å². The van der Waals surface area contributed by atoms with E-state index in [-0.39, 0.29) is 6.10 Å². The van der Waals surface area contributed by atoms with Gasteiger partial charge in [-0.25, -0.2) is 4.98 Å². The monoisotopic (exact) mass is 241 g/mol. The van der Waals surface area contributed by atoms with Gasteiger partial charge >= 0.3 is 0 Å². The highest BCUT2D eigenvalue weighted by molar-refractivity contribution is 5.32. The maximum atomic E-state index is 5.62. The van der Waals surface area contributed by atoms with Crippen LogP contribution in [-0.2, 0) is 16.1 Å². The molecule has 0 amide bonds. The van der Waals surface area contributed by atoms with Gasteiger partial charge in [-0.1, -0.05) is 0 Å². The molecule has 0 radical (unpaired) electrons. The lowest BCUT2D eigenvalue weighted by Gasteiger charge is -2.09. The van der Waals surface area contributed by atoms with Gasteiger partial charge in [0.25, 0.3) is 0 Å². The molecule has 1 aromatic heterocycles. The standard InChI is InChI=1S/C11H19N3O3/c1-8(2)16-4-5-17-11-6-9(12)13-10(14-11)7-15-3/h6,8H,4-5,7H2,1-3H3,(H2,12,13,14). The molecule has 1 aromatic rings.